The second-order valence-corrected chi connectivity index (χ2v) is 6.82. The van der Waals surface area contributed by atoms with Crippen molar-refractivity contribution in [1.82, 2.24) is 4.98 Å². The Morgan fingerprint density at radius 1 is 1.35 bits per heavy atom. The molecule has 1 aromatic heterocycles. The highest BCUT2D eigenvalue weighted by atomic mass is 32.2. The van der Waals surface area contributed by atoms with Crippen molar-refractivity contribution in [2.24, 2.45) is 0 Å². The number of pyridine rings is 1. The first-order valence-corrected chi connectivity index (χ1v) is 7.00. The van der Waals surface area contributed by atoms with Crippen molar-refractivity contribution in [1.29, 1.82) is 5.26 Å². The van der Waals surface area contributed by atoms with E-state index in [2.05, 4.69) is 11.1 Å². The van der Waals surface area contributed by atoms with Crippen LogP contribution in [0, 0.1) is 11.3 Å². The molecule has 0 amide bonds. The smallest absolute Gasteiger partial charge is 0.182 e. The van der Waals surface area contributed by atoms with Gasteiger partial charge >= 0.3 is 0 Å². The molecule has 0 spiro atoms. The van der Waals surface area contributed by atoms with Crippen molar-refractivity contribution in [3.8, 4) is 6.07 Å². The average molecular weight is 252 g/mol. The molecule has 0 fully saturated rings. The van der Waals surface area contributed by atoms with Gasteiger partial charge in [0.15, 0.2) is 9.84 Å². The fourth-order valence-electron chi connectivity index (χ4n) is 1.39. The molecule has 5 heteroatoms. The molecule has 1 aromatic rings. The minimum absolute atomic E-state index is 0.00480. The number of hydrogen-bond acceptors (Lipinski definition) is 4. The third kappa shape index (κ3) is 3.04. The maximum absolute atomic E-state index is 12.0. The Hall–Kier alpha value is -1.41. The standard InChI is InChI=1S/C12H16N2O2S/c1-9(2)17(15,16)12-6-11(7-14-8-12)10(3)4-5-13/h6-10H,4H2,1-3H3. The van der Waals surface area contributed by atoms with E-state index < -0.39 is 15.1 Å². The molecule has 0 saturated carbocycles. The Morgan fingerprint density at radius 2 is 2.00 bits per heavy atom. The van der Waals surface area contributed by atoms with Crippen molar-refractivity contribution in [3.63, 3.8) is 0 Å². The van der Waals surface area contributed by atoms with Crippen LogP contribution in [0.25, 0.3) is 0 Å². The van der Waals surface area contributed by atoms with Crippen LogP contribution in [-0.4, -0.2) is 18.7 Å². The van der Waals surface area contributed by atoms with Gasteiger partial charge in [0, 0.05) is 18.8 Å². The molecule has 0 aliphatic rings. The van der Waals surface area contributed by atoms with E-state index in [9.17, 15) is 8.42 Å². The minimum Gasteiger partial charge on any atom is -0.263 e. The fraction of sp³-hybridized carbons (Fsp3) is 0.500. The van der Waals surface area contributed by atoms with E-state index in [1.54, 1.807) is 26.1 Å². The van der Waals surface area contributed by atoms with Gasteiger partial charge < -0.3 is 0 Å². The van der Waals surface area contributed by atoms with Gasteiger partial charge in [-0.05, 0) is 31.4 Å². The monoisotopic (exact) mass is 252 g/mol. The van der Waals surface area contributed by atoms with E-state index >= 15 is 0 Å². The van der Waals surface area contributed by atoms with Crippen LogP contribution in [0.2, 0.25) is 0 Å². The zero-order chi connectivity index (χ0) is 13.1. The summed E-state index contributed by atoms with van der Waals surface area (Å²) in [6, 6.07) is 3.69. The van der Waals surface area contributed by atoms with Gasteiger partial charge in [0.2, 0.25) is 0 Å². The second-order valence-electron chi connectivity index (χ2n) is 4.31. The van der Waals surface area contributed by atoms with Crippen LogP contribution in [0.15, 0.2) is 23.4 Å². The topological polar surface area (TPSA) is 70.8 Å². The molecular weight excluding hydrogens is 236 g/mol. The number of rotatable bonds is 4. The number of aromatic nitrogens is 1. The molecule has 1 atom stereocenters. The average Bonchev–Trinajstić information content (AvgIpc) is 2.29. The van der Waals surface area contributed by atoms with Crippen molar-refractivity contribution >= 4 is 9.84 Å². The lowest BCUT2D eigenvalue weighted by atomic mass is 10.0. The first-order valence-electron chi connectivity index (χ1n) is 5.45. The Labute approximate surface area is 102 Å². The first kappa shape index (κ1) is 13.7. The molecule has 17 heavy (non-hydrogen) atoms. The second kappa shape index (κ2) is 5.28. The number of nitriles is 1. The quantitative estimate of drug-likeness (QED) is 0.824. The first-order chi connectivity index (χ1) is 7.89. The van der Waals surface area contributed by atoms with Gasteiger partial charge in [0.05, 0.1) is 16.2 Å². The predicted molar refractivity (Wildman–Crippen MR) is 65.2 cm³/mol. The van der Waals surface area contributed by atoms with Crippen LogP contribution in [0.3, 0.4) is 0 Å². The number of sulfone groups is 1. The van der Waals surface area contributed by atoms with Crippen LogP contribution in [0.1, 0.15) is 38.7 Å². The molecule has 0 bridgehead atoms. The van der Waals surface area contributed by atoms with E-state index in [4.69, 9.17) is 5.26 Å². The maximum Gasteiger partial charge on any atom is 0.182 e. The van der Waals surface area contributed by atoms with Gasteiger partial charge in [-0.25, -0.2) is 8.42 Å². The molecule has 4 nitrogen and oxygen atoms in total. The molecule has 0 aliphatic heterocycles. The summed E-state index contributed by atoms with van der Waals surface area (Å²) in [5.74, 6) is -0.00480. The third-order valence-corrected chi connectivity index (χ3v) is 4.77. The Balaban J connectivity index is 3.15. The normalized spacial score (nSPS) is 13.4. The van der Waals surface area contributed by atoms with Crippen LogP contribution in [0.5, 0.6) is 0 Å². The lowest BCUT2D eigenvalue weighted by Gasteiger charge is -2.11. The van der Waals surface area contributed by atoms with Crippen LogP contribution < -0.4 is 0 Å². The van der Waals surface area contributed by atoms with Crippen LogP contribution >= 0.6 is 0 Å². The van der Waals surface area contributed by atoms with Gasteiger partial charge in [0.1, 0.15) is 0 Å². The van der Waals surface area contributed by atoms with Crippen LogP contribution in [-0.2, 0) is 9.84 Å². The summed E-state index contributed by atoms with van der Waals surface area (Å²) in [7, 11) is -3.29. The van der Waals surface area contributed by atoms with Gasteiger partial charge in [-0.3, -0.25) is 4.98 Å². The lowest BCUT2D eigenvalue weighted by Crippen LogP contribution is -2.14. The highest BCUT2D eigenvalue weighted by molar-refractivity contribution is 7.92. The molecule has 1 unspecified atom stereocenters. The summed E-state index contributed by atoms with van der Waals surface area (Å²) in [5, 5.41) is 8.16. The molecule has 0 aliphatic carbocycles. The SMILES string of the molecule is CC(CC#N)c1cncc(S(=O)(=O)C(C)C)c1. The molecule has 0 radical (unpaired) electrons. The van der Waals surface area contributed by atoms with Gasteiger partial charge in [0.25, 0.3) is 0 Å². The van der Waals surface area contributed by atoms with Gasteiger partial charge in [-0.2, -0.15) is 5.26 Å². The highest BCUT2D eigenvalue weighted by Gasteiger charge is 2.20. The summed E-state index contributed by atoms with van der Waals surface area (Å²) < 4.78 is 23.9. The van der Waals surface area contributed by atoms with Gasteiger partial charge in [-0.1, -0.05) is 6.92 Å². The van der Waals surface area contributed by atoms with Crippen LogP contribution in [0.4, 0.5) is 0 Å². The summed E-state index contributed by atoms with van der Waals surface area (Å²) in [5.41, 5.74) is 0.785. The molecule has 92 valence electrons. The van der Waals surface area contributed by atoms with Crippen molar-refractivity contribution in [3.05, 3.63) is 24.0 Å². The highest BCUT2D eigenvalue weighted by Crippen LogP contribution is 2.22. The zero-order valence-corrected chi connectivity index (χ0v) is 11.0. The lowest BCUT2D eigenvalue weighted by molar-refractivity contribution is 0.586. The Bertz CT molecular complexity index is 530. The van der Waals surface area contributed by atoms with Gasteiger partial charge in [-0.15, -0.1) is 0 Å². The third-order valence-electron chi connectivity index (χ3n) is 2.65. The van der Waals surface area contributed by atoms with Crippen molar-refractivity contribution in [2.75, 3.05) is 0 Å². The van der Waals surface area contributed by atoms with Crippen molar-refractivity contribution in [2.45, 2.75) is 43.3 Å². The summed E-state index contributed by atoms with van der Waals surface area (Å²) >= 11 is 0. The van der Waals surface area contributed by atoms with E-state index in [0.29, 0.717) is 6.42 Å². The number of nitrogens with zero attached hydrogens (tertiary/aromatic N) is 2. The number of hydrogen-bond donors (Lipinski definition) is 0. The van der Waals surface area contributed by atoms with Crippen molar-refractivity contribution < 1.29 is 8.42 Å². The molecule has 1 rings (SSSR count). The zero-order valence-electron chi connectivity index (χ0n) is 10.2. The largest absolute Gasteiger partial charge is 0.263 e. The van der Waals surface area contributed by atoms with E-state index in [1.807, 2.05) is 6.92 Å². The van der Waals surface area contributed by atoms with E-state index in [1.165, 1.54) is 6.20 Å². The maximum atomic E-state index is 12.0. The molecule has 0 saturated heterocycles. The molecular formula is C12H16N2O2S. The minimum atomic E-state index is -3.29. The van der Waals surface area contributed by atoms with E-state index in [-0.39, 0.29) is 10.8 Å². The Kier molecular flexibility index (Phi) is 4.24. The molecule has 0 aromatic carbocycles. The summed E-state index contributed by atoms with van der Waals surface area (Å²) in [6.07, 6.45) is 3.33. The fourth-order valence-corrected chi connectivity index (χ4v) is 2.44. The predicted octanol–water partition coefficient (Wildman–Crippen LogP) is 2.28. The summed E-state index contributed by atoms with van der Waals surface area (Å²) in [4.78, 5) is 4.18. The van der Waals surface area contributed by atoms with E-state index in [0.717, 1.165) is 5.56 Å². The summed E-state index contributed by atoms with van der Waals surface area (Å²) in [6.45, 7) is 5.16. The molecule has 0 N–H and O–H groups in total. The Morgan fingerprint density at radius 3 is 2.53 bits per heavy atom. The molecule has 1 heterocycles.